The summed E-state index contributed by atoms with van der Waals surface area (Å²) >= 11 is 1.99. The summed E-state index contributed by atoms with van der Waals surface area (Å²) in [7, 11) is 0. The largest absolute Gasteiger partial charge is 0.300 e. The van der Waals surface area contributed by atoms with Gasteiger partial charge in [-0.3, -0.25) is 0 Å². The number of thioether (sulfide) groups is 1. The number of rotatable bonds is 3. The van der Waals surface area contributed by atoms with Crippen LogP contribution in [0.25, 0.3) is 0 Å². The number of benzene rings is 2. The van der Waals surface area contributed by atoms with Crippen molar-refractivity contribution in [1.29, 1.82) is 0 Å². The van der Waals surface area contributed by atoms with Crippen molar-refractivity contribution < 1.29 is 0 Å². The Morgan fingerprint density at radius 2 is 1.81 bits per heavy atom. The molecule has 1 nitrogen and oxygen atoms in total. The first-order chi connectivity index (χ1) is 10.2. The minimum Gasteiger partial charge on any atom is -0.300 e. The lowest BCUT2D eigenvalue weighted by Crippen LogP contribution is -2.45. The summed E-state index contributed by atoms with van der Waals surface area (Å²) in [6, 6.07) is 19.9. The maximum absolute atomic E-state index is 3.94. The molecule has 1 heterocycles. The van der Waals surface area contributed by atoms with Gasteiger partial charge in [-0.25, -0.2) is 0 Å². The first-order valence-corrected chi connectivity index (χ1v) is 8.75. The fraction of sp³-hybridized carbons (Fsp3) is 0.368. The third-order valence-electron chi connectivity index (χ3n) is 4.20. The highest BCUT2D eigenvalue weighted by Gasteiger charge is 2.32. The van der Waals surface area contributed by atoms with Gasteiger partial charge in [0, 0.05) is 16.2 Å². The van der Waals surface area contributed by atoms with Gasteiger partial charge in [0.25, 0.3) is 0 Å². The molecule has 2 heteroatoms. The van der Waals surface area contributed by atoms with Gasteiger partial charge in [-0.2, -0.15) is 0 Å². The molecule has 0 amide bonds. The maximum Gasteiger partial charge on any atom is 0.0592 e. The van der Waals surface area contributed by atoms with Crippen LogP contribution in [0.15, 0.2) is 59.5 Å². The monoisotopic (exact) mass is 297 g/mol. The predicted molar refractivity (Wildman–Crippen MR) is 91.9 cm³/mol. The topological polar surface area (TPSA) is 12.0 Å². The highest BCUT2D eigenvalue weighted by Crippen LogP contribution is 2.39. The Hall–Kier alpha value is -1.25. The molecule has 2 unspecified atom stereocenters. The molecule has 0 saturated carbocycles. The predicted octanol–water partition coefficient (Wildman–Crippen LogP) is 5.03. The number of hydrogen-bond acceptors (Lipinski definition) is 2. The van der Waals surface area contributed by atoms with Crippen LogP contribution in [-0.2, 0) is 0 Å². The van der Waals surface area contributed by atoms with E-state index in [4.69, 9.17) is 0 Å². The Bertz CT molecular complexity index is 596. The second-order valence-electron chi connectivity index (χ2n) is 6.13. The van der Waals surface area contributed by atoms with Crippen LogP contribution < -0.4 is 5.32 Å². The van der Waals surface area contributed by atoms with E-state index in [-0.39, 0.29) is 11.6 Å². The Balaban J connectivity index is 2.04. The van der Waals surface area contributed by atoms with Crippen molar-refractivity contribution in [2.75, 3.05) is 5.75 Å². The number of nitrogens with one attached hydrogen (secondary N) is 1. The highest BCUT2D eigenvalue weighted by molar-refractivity contribution is 7.99. The van der Waals surface area contributed by atoms with Gasteiger partial charge >= 0.3 is 0 Å². The van der Waals surface area contributed by atoms with Crippen molar-refractivity contribution in [3.63, 3.8) is 0 Å². The average Bonchev–Trinajstić information content (AvgIpc) is 2.66. The Morgan fingerprint density at radius 3 is 2.57 bits per heavy atom. The standard InChI is InChI=1S/C19H23NS/c1-3-13-19(2)14-21-17-12-8-7-11-16(17)18(20-19)15-9-5-4-6-10-15/h4-12,18,20H,3,13-14H2,1-2H3. The molecular weight excluding hydrogens is 274 g/mol. The molecule has 2 atom stereocenters. The fourth-order valence-corrected chi connectivity index (χ4v) is 4.39. The summed E-state index contributed by atoms with van der Waals surface area (Å²) in [4.78, 5) is 1.42. The van der Waals surface area contributed by atoms with Gasteiger partial charge in [0.2, 0.25) is 0 Å². The molecule has 3 rings (SSSR count). The van der Waals surface area contributed by atoms with Crippen LogP contribution in [0.4, 0.5) is 0 Å². The van der Waals surface area contributed by atoms with Crippen molar-refractivity contribution in [2.24, 2.45) is 0 Å². The van der Waals surface area contributed by atoms with E-state index in [9.17, 15) is 0 Å². The molecule has 110 valence electrons. The van der Waals surface area contributed by atoms with E-state index in [2.05, 4.69) is 73.8 Å². The summed E-state index contributed by atoms with van der Waals surface area (Å²) < 4.78 is 0. The maximum atomic E-state index is 3.94. The van der Waals surface area contributed by atoms with Crippen LogP contribution in [0.5, 0.6) is 0 Å². The summed E-state index contributed by atoms with van der Waals surface area (Å²) in [6.45, 7) is 4.64. The van der Waals surface area contributed by atoms with Gasteiger partial charge in [-0.15, -0.1) is 11.8 Å². The minimum absolute atomic E-state index is 0.180. The lowest BCUT2D eigenvalue weighted by molar-refractivity contribution is 0.341. The van der Waals surface area contributed by atoms with Crippen molar-refractivity contribution >= 4 is 11.8 Å². The Labute approximate surface area is 132 Å². The summed E-state index contributed by atoms with van der Waals surface area (Å²) in [6.07, 6.45) is 2.42. The molecule has 0 spiro atoms. The Kier molecular flexibility index (Phi) is 4.37. The lowest BCUT2D eigenvalue weighted by Gasteiger charge is -2.33. The van der Waals surface area contributed by atoms with Crippen LogP contribution in [0, 0.1) is 0 Å². The summed E-state index contributed by atoms with van der Waals surface area (Å²) in [5.74, 6) is 1.13. The van der Waals surface area contributed by atoms with Gasteiger partial charge in [0.15, 0.2) is 0 Å². The minimum atomic E-state index is 0.180. The van der Waals surface area contributed by atoms with E-state index < -0.39 is 0 Å². The Morgan fingerprint density at radius 1 is 1.10 bits per heavy atom. The van der Waals surface area contributed by atoms with Crippen LogP contribution in [-0.4, -0.2) is 11.3 Å². The third kappa shape index (κ3) is 3.17. The van der Waals surface area contributed by atoms with Crippen LogP contribution in [0.2, 0.25) is 0 Å². The lowest BCUT2D eigenvalue weighted by atomic mass is 9.92. The summed E-state index contributed by atoms with van der Waals surface area (Å²) in [5.41, 5.74) is 2.95. The van der Waals surface area contributed by atoms with Gasteiger partial charge in [-0.1, -0.05) is 61.9 Å². The first-order valence-electron chi connectivity index (χ1n) is 7.76. The molecule has 2 aromatic carbocycles. The van der Waals surface area contributed by atoms with E-state index in [0.717, 1.165) is 5.75 Å². The van der Waals surface area contributed by atoms with E-state index in [0.29, 0.717) is 0 Å². The fourth-order valence-electron chi connectivity index (χ4n) is 3.16. The second-order valence-corrected chi connectivity index (χ2v) is 7.14. The number of hydrogen-bond donors (Lipinski definition) is 1. The normalized spacial score (nSPS) is 25.1. The van der Waals surface area contributed by atoms with Crippen LogP contribution in [0.1, 0.15) is 43.9 Å². The van der Waals surface area contributed by atoms with E-state index in [1.54, 1.807) is 0 Å². The zero-order valence-electron chi connectivity index (χ0n) is 12.8. The molecule has 21 heavy (non-hydrogen) atoms. The van der Waals surface area contributed by atoms with Crippen molar-refractivity contribution in [2.45, 2.75) is 43.2 Å². The molecule has 0 aliphatic carbocycles. The smallest absolute Gasteiger partial charge is 0.0592 e. The zero-order valence-corrected chi connectivity index (χ0v) is 13.6. The molecule has 0 bridgehead atoms. The molecule has 1 aliphatic heterocycles. The molecule has 0 aromatic heterocycles. The average molecular weight is 297 g/mol. The van der Waals surface area contributed by atoms with Crippen LogP contribution in [0.3, 0.4) is 0 Å². The number of fused-ring (bicyclic) bond motifs is 1. The quantitative estimate of drug-likeness (QED) is 0.852. The van der Waals surface area contributed by atoms with E-state index in [1.165, 1.54) is 28.9 Å². The van der Waals surface area contributed by atoms with Gasteiger partial charge in [-0.05, 0) is 30.5 Å². The molecule has 0 fully saturated rings. The van der Waals surface area contributed by atoms with Gasteiger partial charge in [0.05, 0.1) is 6.04 Å². The summed E-state index contributed by atoms with van der Waals surface area (Å²) in [5, 5.41) is 3.94. The van der Waals surface area contributed by atoms with Gasteiger partial charge < -0.3 is 5.32 Å². The molecule has 2 aromatic rings. The highest BCUT2D eigenvalue weighted by atomic mass is 32.2. The second kappa shape index (κ2) is 6.25. The molecular formula is C19H23NS. The molecule has 0 radical (unpaired) electrons. The zero-order chi connectivity index (χ0) is 14.7. The van der Waals surface area contributed by atoms with E-state index in [1.807, 2.05) is 11.8 Å². The third-order valence-corrected chi connectivity index (χ3v) is 5.67. The van der Waals surface area contributed by atoms with Crippen molar-refractivity contribution in [1.82, 2.24) is 5.32 Å². The van der Waals surface area contributed by atoms with Gasteiger partial charge in [0.1, 0.15) is 0 Å². The van der Waals surface area contributed by atoms with Crippen LogP contribution >= 0.6 is 11.8 Å². The SMILES string of the molecule is CCCC1(C)CSc2ccccc2C(c2ccccc2)N1. The first kappa shape index (κ1) is 14.7. The van der Waals surface area contributed by atoms with E-state index >= 15 is 0 Å². The van der Waals surface area contributed by atoms with Crippen molar-refractivity contribution in [3.8, 4) is 0 Å². The van der Waals surface area contributed by atoms with Crippen molar-refractivity contribution in [3.05, 3.63) is 65.7 Å². The molecule has 1 aliphatic rings. The molecule has 0 saturated heterocycles. The molecule has 1 N–H and O–H groups in total.